The van der Waals surface area contributed by atoms with Crippen LogP contribution in [0.2, 0.25) is 0 Å². The molecule has 0 fully saturated rings. The van der Waals surface area contributed by atoms with Gasteiger partial charge in [0.1, 0.15) is 11.4 Å². The summed E-state index contributed by atoms with van der Waals surface area (Å²) in [4.78, 5) is 39.2. The van der Waals surface area contributed by atoms with Crippen molar-refractivity contribution in [2.24, 2.45) is 0 Å². The number of hydrogen-bond donors (Lipinski definition) is 1. The number of benzene rings is 3. The van der Waals surface area contributed by atoms with E-state index in [0.717, 1.165) is 11.8 Å². The molecule has 5 rings (SSSR count). The fourth-order valence-corrected chi connectivity index (χ4v) is 4.70. The molecular weight excluding hydrogens is 466 g/mol. The minimum absolute atomic E-state index is 0.195. The number of fused-ring (bicyclic) bond motifs is 2. The number of rotatable bonds is 6. The SMILES string of the molecule is COc1ccccc1-n1nnnc1SC(C)C(=O)Nc1cccc2c1C(=O)c1ccccc1C2=O. The van der Waals surface area contributed by atoms with Gasteiger partial charge < -0.3 is 10.1 Å². The lowest BCUT2D eigenvalue weighted by Crippen LogP contribution is -2.27. The van der Waals surface area contributed by atoms with E-state index in [-0.39, 0.29) is 34.3 Å². The van der Waals surface area contributed by atoms with Crippen LogP contribution in [0.3, 0.4) is 0 Å². The molecule has 10 heteroatoms. The molecule has 0 spiro atoms. The number of carbonyl (C=O) groups excluding carboxylic acids is 3. The fourth-order valence-electron chi connectivity index (χ4n) is 3.90. The highest BCUT2D eigenvalue weighted by Gasteiger charge is 2.32. The summed E-state index contributed by atoms with van der Waals surface area (Å²) in [6.45, 7) is 1.71. The zero-order valence-corrected chi connectivity index (χ0v) is 19.6. The molecule has 0 aliphatic heterocycles. The van der Waals surface area contributed by atoms with Crippen LogP contribution in [0, 0.1) is 0 Å². The summed E-state index contributed by atoms with van der Waals surface area (Å²) in [5.41, 5.74) is 2.07. The number of nitrogens with one attached hydrogen (secondary N) is 1. The van der Waals surface area contributed by atoms with Crippen molar-refractivity contribution < 1.29 is 19.1 Å². The van der Waals surface area contributed by atoms with Crippen molar-refractivity contribution in [2.75, 3.05) is 12.4 Å². The smallest absolute Gasteiger partial charge is 0.237 e. The molecule has 1 aliphatic rings. The maximum Gasteiger partial charge on any atom is 0.237 e. The van der Waals surface area contributed by atoms with E-state index < -0.39 is 5.25 Å². The zero-order valence-electron chi connectivity index (χ0n) is 18.8. The van der Waals surface area contributed by atoms with Crippen molar-refractivity contribution in [3.8, 4) is 11.4 Å². The molecule has 1 aliphatic carbocycles. The van der Waals surface area contributed by atoms with Gasteiger partial charge in [0.15, 0.2) is 11.6 Å². The number of carbonyl (C=O) groups is 3. The Bertz CT molecular complexity index is 1480. The average molecular weight is 486 g/mol. The standard InChI is InChI=1S/C25H19N5O4S/c1-14(35-25-27-28-29-30(25)19-12-5-6-13-20(19)34-2)24(33)26-18-11-7-10-17-21(18)23(32)16-9-4-3-8-15(16)22(17)31/h3-14H,1-2H3,(H,26,33). The summed E-state index contributed by atoms with van der Waals surface area (Å²) in [6.07, 6.45) is 0. The molecular formula is C25H19N5O4S. The Labute approximate surface area is 204 Å². The van der Waals surface area contributed by atoms with Gasteiger partial charge in [-0.2, -0.15) is 4.68 Å². The molecule has 174 valence electrons. The van der Waals surface area contributed by atoms with Crippen molar-refractivity contribution in [3.63, 3.8) is 0 Å². The molecule has 1 atom stereocenters. The molecule has 0 bridgehead atoms. The fraction of sp³-hybridized carbons (Fsp3) is 0.120. The summed E-state index contributed by atoms with van der Waals surface area (Å²) in [6, 6.07) is 18.8. The molecule has 35 heavy (non-hydrogen) atoms. The van der Waals surface area contributed by atoms with Crippen LogP contribution in [-0.4, -0.2) is 50.0 Å². The van der Waals surface area contributed by atoms with E-state index in [9.17, 15) is 14.4 Å². The molecule has 0 saturated heterocycles. The van der Waals surface area contributed by atoms with E-state index in [1.54, 1.807) is 68.6 Å². The number of thioether (sulfide) groups is 1. The summed E-state index contributed by atoms with van der Waals surface area (Å²) in [5, 5.41) is 14.4. The number of nitrogens with zero attached hydrogens (tertiary/aromatic N) is 4. The van der Waals surface area contributed by atoms with Crippen LogP contribution in [0.25, 0.3) is 5.69 Å². The van der Waals surface area contributed by atoms with Gasteiger partial charge in [-0.25, -0.2) is 0 Å². The van der Waals surface area contributed by atoms with Gasteiger partial charge in [0.2, 0.25) is 11.1 Å². The molecule has 9 nitrogen and oxygen atoms in total. The third-order valence-electron chi connectivity index (χ3n) is 5.62. The Hall–Kier alpha value is -4.31. The number of hydrogen-bond acceptors (Lipinski definition) is 8. The van der Waals surface area contributed by atoms with Crippen molar-refractivity contribution in [1.29, 1.82) is 0 Å². The highest BCUT2D eigenvalue weighted by Crippen LogP contribution is 2.33. The summed E-state index contributed by atoms with van der Waals surface area (Å²) in [7, 11) is 1.55. The second-order valence-corrected chi connectivity index (χ2v) is 9.03. The third kappa shape index (κ3) is 3.97. The Balaban J connectivity index is 1.39. The van der Waals surface area contributed by atoms with Crippen LogP contribution in [0.1, 0.15) is 38.8 Å². The molecule has 0 saturated carbocycles. The molecule has 3 aromatic carbocycles. The van der Waals surface area contributed by atoms with Gasteiger partial charge in [0.25, 0.3) is 0 Å². The first-order chi connectivity index (χ1) is 17.0. The molecule has 1 amide bonds. The zero-order chi connectivity index (χ0) is 24.5. The minimum Gasteiger partial charge on any atom is -0.494 e. The maximum absolute atomic E-state index is 13.2. The van der Waals surface area contributed by atoms with Gasteiger partial charge in [-0.05, 0) is 35.5 Å². The Morgan fingerprint density at radius 2 is 1.63 bits per heavy atom. The van der Waals surface area contributed by atoms with E-state index in [1.165, 1.54) is 4.68 Å². The maximum atomic E-state index is 13.2. The quantitative estimate of drug-likeness (QED) is 0.363. The Kier molecular flexibility index (Phi) is 5.87. The molecule has 1 aromatic heterocycles. The first-order valence-electron chi connectivity index (χ1n) is 10.7. The largest absolute Gasteiger partial charge is 0.494 e. The monoisotopic (exact) mass is 485 g/mol. The van der Waals surface area contributed by atoms with E-state index >= 15 is 0 Å². The van der Waals surface area contributed by atoms with Crippen molar-refractivity contribution in [3.05, 3.63) is 89.0 Å². The van der Waals surface area contributed by atoms with Gasteiger partial charge in [-0.15, -0.1) is 5.10 Å². The lowest BCUT2D eigenvalue weighted by Gasteiger charge is -2.21. The van der Waals surface area contributed by atoms with Crippen LogP contribution >= 0.6 is 11.8 Å². The van der Waals surface area contributed by atoms with Crippen LogP contribution < -0.4 is 10.1 Å². The van der Waals surface area contributed by atoms with Crippen LogP contribution in [0.5, 0.6) is 5.75 Å². The first kappa shape index (κ1) is 22.5. The number of anilines is 1. The highest BCUT2D eigenvalue weighted by molar-refractivity contribution is 8.00. The normalized spacial score (nSPS) is 13.1. The predicted molar refractivity (Wildman–Crippen MR) is 129 cm³/mol. The average Bonchev–Trinajstić information content (AvgIpc) is 3.35. The molecule has 0 radical (unpaired) electrons. The van der Waals surface area contributed by atoms with Crippen LogP contribution in [-0.2, 0) is 4.79 Å². The first-order valence-corrected chi connectivity index (χ1v) is 11.6. The lowest BCUT2D eigenvalue weighted by molar-refractivity contribution is -0.115. The van der Waals surface area contributed by atoms with Crippen molar-refractivity contribution in [2.45, 2.75) is 17.3 Å². The van der Waals surface area contributed by atoms with Gasteiger partial charge in [0, 0.05) is 16.7 Å². The minimum atomic E-state index is -0.619. The predicted octanol–water partition coefficient (Wildman–Crippen LogP) is 3.57. The van der Waals surface area contributed by atoms with Gasteiger partial charge in [0.05, 0.1) is 23.6 Å². The molecule has 1 unspecified atom stereocenters. The second kappa shape index (κ2) is 9.15. The number of amides is 1. The summed E-state index contributed by atoms with van der Waals surface area (Å²) in [5.74, 6) is -0.327. The second-order valence-electron chi connectivity index (χ2n) is 7.73. The summed E-state index contributed by atoms with van der Waals surface area (Å²) < 4.78 is 6.88. The summed E-state index contributed by atoms with van der Waals surface area (Å²) >= 11 is 1.15. The van der Waals surface area contributed by atoms with E-state index in [0.29, 0.717) is 27.7 Å². The van der Waals surface area contributed by atoms with E-state index in [4.69, 9.17) is 4.74 Å². The lowest BCUT2D eigenvalue weighted by atomic mass is 9.83. The highest BCUT2D eigenvalue weighted by atomic mass is 32.2. The number of para-hydroxylation sites is 2. The number of methoxy groups -OCH3 is 1. The van der Waals surface area contributed by atoms with Gasteiger partial charge in [-0.1, -0.05) is 60.3 Å². The van der Waals surface area contributed by atoms with Gasteiger partial charge >= 0.3 is 0 Å². The molecule has 4 aromatic rings. The topological polar surface area (TPSA) is 116 Å². The van der Waals surface area contributed by atoms with Crippen LogP contribution in [0.4, 0.5) is 5.69 Å². The number of ether oxygens (including phenoxy) is 1. The number of aromatic nitrogens is 4. The third-order valence-corrected chi connectivity index (χ3v) is 6.65. The Morgan fingerprint density at radius 3 is 2.40 bits per heavy atom. The Morgan fingerprint density at radius 1 is 0.943 bits per heavy atom. The van der Waals surface area contributed by atoms with Gasteiger partial charge in [-0.3, -0.25) is 14.4 Å². The number of ketones is 2. The van der Waals surface area contributed by atoms with E-state index in [1.807, 2.05) is 12.1 Å². The molecule has 1 N–H and O–H groups in total. The number of tetrazole rings is 1. The van der Waals surface area contributed by atoms with E-state index in [2.05, 4.69) is 20.8 Å². The van der Waals surface area contributed by atoms with Crippen LogP contribution in [0.15, 0.2) is 71.9 Å². The van der Waals surface area contributed by atoms with Crippen molar-refractivity contribution in [1.82, 2.24) is 20.2 Å². The van der Waals surface area contributed by atoms with Crippen molar-refractivity contribution >= 4 is 34.9 Å². The molecule has 1 heterocycles.